The molecule has 5 heteroatoms. The van der Waals surface area contributed by atoms with Crippen molar-refractivity contribution in [1.29, 1.82) is 5.26 Å². The number of rotatable bonds is 6. The molecule has 0 aliphatic carbocycles. The van der Waals surface area contributed by atoms with E-state index in [1.807, 2.05) is 56.3 Å². The van der Waals surface area contributed by atoms with Crippen molar-refractivity contribution in [3.8, 4) is 11.8 Å². The van der Waals surface area contributed by atoms with Crippen molar-refractivity contribution in [2.75, 3.05) is 5.32 Å². The van der Waals surface area contributed by atoms with Crippen molar-refractivity contribution in [1.82, 2.24) is 0 Å². The van der Waals surface area contributed by atoms with Gasteiger partial charge in [0.1, 0.15) is 24.0 Å². The number of anilines is 1. The third-order valence-corrected chi connectivity index (χ3v) is 5.66. The number of ether oxygens (including phenoxy) is 1. The van der Waals surface area contributed by atoms with E-state index in [1.165, 1.54) is 11.1 Å². The van der Waals surface area contributed by atoms with Gasteiger partial charge in [0, 0.05) is 15.7 Å². The van der Waals surface area contributed by atoms with Gasteiger partial charge in [-0.1, -0.05) is 57.4 Å². The number of nitrogens with zero attached hydrogens (tertiary/aromatic N) is 1. The fourth-order valence-corrected chi connectivity index (χ4v) is 3.84. The predicted molar refractivity (Wildman–Crippen MR) is 133 cm³/mol. The lowest BCUT2D eigenvalue weighted by Crippen LogP contribution is -2.14. The monoisotopic (exact) mass is 488 g/mol. The molecule has 3 aromatic carbocycles. The molecule has 4 nitrogen and oxygen atoms in total. The number of amides is 1. The lowest BCUT2D eigenvalue weighted by Gasteiger charge is -2.12. The van der Waals surface area contributed by atoms with Crippen molar-refractivity contribution in [2.24, 2.45) is 0 Å². The molecule has 0 saturated heterocycles. The molecule has 0 atom stereocenters. The summed E-state index contributed by atoms with van der Waals surface area (Å²) in [5, 5.41) is 12.5. The molecule has 0 saturated carbocycles. The highest BCUT2D eigenvalue weighted by molar-refractivity contribution is 9.10. The Bertz CT molecular complexity index is 1220. The highest BCUT2D eigenvalue weighted by atomic mass is 79.9. The quantitative estimate of drug-likeness (QED) is 0.306. The average molecular weight is 489 g/mol. The molecular formula is C27H25BrN2O2. The first-order chi connectivity index (χ1) is 15.3. The van der Waals surface area contributed by atoms with Gasteiger partial charge in [-0.15, -0.1) is 0 Å². The van der Waals surface area contributed by atoms with Gasteiger partial charge in [-0.2, -0.15) is 5.26 Å². The average Bonchev–Trinajstić information content (AvgIpc) is 2.74. The minimum Gasteiger partial charge on any atom is -0.488 e. The maximum absolute atomic E-state index is 12.8. The summed E-state index contributed by atoms with van der Waals surface area (Å²) < 4.78 is 6.89. The van der Waals surface area contributed by atoms with E-state index in [0.29, 0.717) is 23.6 Å². The minimum atomic E-state index is -0.457. The maximum Gasteiger partial charge on any atom is 0.266 e. The zero-order chi connectivity index (χ0) is 23.3. The van der Waals surface area contributed by atoms with Crippen molar-refractivity contribution in [2.45, 2.75) is 34.3 Å². The summed E-state index contributed by atoms with van der Waals surface area (Å²) >= 11 is 3.46. The molecular weight excluding hydrogens is 464 g/mol. The number of carbonyl (C=O) groups excluding carboxylic acids is 1. The van der Waals surface area contributed by atoms with E-state index in [1.54, 1.807) is 6.08 Å². The van der Waals surface area contributed by atoms with Gasteiger partial charge in [-0.05, 0) is 74.7 Å². The van der Waals surface area contributed by atoms with Gasteiger partial charge in [0.25, 0.3) is 5.91 Å². The number of carbonyl (C=O) groups is 1. The number of halogens is 1. The Labute approximate surface area is 197 Å². The molecule has 0 bridgehead atoms. The second kappa shape index (κ2) is 10.3. The van der Waals surface area contributed by atoms with Crippen LogP contribution in [0.3, 0.4) is 0 Å². The number of nitrogens with one attached hydrogen (secondary N) is 1. The van der Waals surface area contributed by atoms with Crippen LogP contribution in [0.15, 0.2) is 64.6 Å². The lowest BCUT2D eigenvalue weighted by molar-refractivity contribution is -0.112. The summed E-state index contributed by atoms with van der Waals surface area (Å²) in [6.45, 7) is 8.42. The van der Waals surface area contributed by atoms with E-state index < -0.39 is 5.91 Å². The highest BCUT2D eigenvalue weighted by Crippen LogP contribution is 2.27. The van der Waals surface area contributed by atoms with E-state index in [9.17, 15) is 10.1 Å². The number of nitriles is 1. The van der Waals surface area contributed by atoms with Crippen LogP contribution in [0.2, 0.25) is 0 Å². The maximum atomic E-state index is 12.8. The zero-order valence-electron chi connectivity index (χ0n) is 18.6. The molecule has 32 heavy (non-hydrogen) atoms. The van der Waals surface area contributed by atoms with Crippen molar-refractivity contribution < 1.29 is 9.53 Å². The molecule has 0 fully saturated rings. The van der Waals surface area contributed by atoms with Crippen LogP contribution in [0.1, 0.15) is 33.4 Å². The minimum absolute atomic E-state index is 0.000237. The van der Waals surface area contributed by atoms with E-state index in [-0.39, 0.29) is 5.57 Å². The summed E-state index contributed by atoms with van der Waals surface area (Å²) in [6, 6.07) is 19.5. The molecule has 162 valence electrons. The molecule has 0 radical (unpaired) electrons. The molecule has 0 aliphatic rings. The second-order valence-electron chi connectivity index (χ2n) is 7.84. The summed E-state index contributed by atoms with van der Waals surface area (Å²) in [4.78, 5) is 12.8. The third kappa shape index (κ3) is 5.87. The van der Waals surface area contributed by atoms with Crippen LogP contribution in [-0.4, -0.2) is 5.91 Å². The number of hydrogen-bond acceptors (Lipinski definition) is 3. The molecule has 3 aromatic rings. The van der Waals surface area contributed by atoms with Crippen LogP contribution in [0.5, 0.6) is 5.75 Å². The fourth-order valence-electron chi connectivity index (χ4n) is 3.46. The van der Waals surface area contributed by atoms with E-state index >= 15 is 0 Å². The van der Waals surface area contributed by atoms with E-state index in [4.69, 9.17) is 4.74 Å². The third-order valence-electron chi connectivity index (χ3n) is 5.17. The molecule has 0 unspecified atom stereocenters. The van der Waals surface area contributed by atoms with Gasteiger partial charge < -0.3 is 10.1 Å². The number of hydrogen-bond donors (Lipinski definition) is 1. The first kappa shape index (κ1) is 23.3. The first-order valence-electron chi connectivity index (χ1n) is 10.3. The Balaban J connectivity index is 1.86. The van der Waals surface area contributed by atoms with Crippen LogP contribution in [-0.2, 0) is 11.4 Å². The summed E-state index contributed by atoms with van der Waals surface area (Å²) in [5.41, 5.74) is 6.79. The summed E-state index contributed by atoms with van der Waals surface area (Å²) in [5.74, 6) is 0.140. The Kier molecular flexibility index (Phi) is 7.50. The largest absolute Gasteiger partial charge is 0.488 e. The fraction of sp³-hybridized carbons (Fsp3) is 0.185. The normalized spacial score (nSPS) is 11.1. The smallest absolute Gasteiger partial charge is 0.266 e. The Hall–Kier alpha value is -3.36. The molecule has 0 aliphatic heterocycles. The van der Waals surface area contributed by atoms with E-state index in [0.717, 1.165) is 21.2 Å². The van der Waals surface area contributed by atoms with Crippen molar-refractivity contribution in [3.05, 3.63) is 98.0 Å². The first-order valence-corrected chi connectivity index (χ1v) is 11.0. The molecule has 0 spiro atoms. The van der Waals surface area contributed by atoms with Gasteiger partial charge in [-0.25, -0.2) is 0 Å². The molecule has 0 heterocycles. The zero-order valence-corrected chi connectivity index (χ0v) is 20.2. The van der Waals surface area contributed by atoms with Gasteiger partial charge in [0.2, 0.25) is 0 Å². The van der Waals surface area contributed by atoms with Crippen molar-refractivity contribution in [3.63, 3.8) is 0 Å². The van der Waals surface area contributed by atoms with Gasteiger partial charge >= 0.3 is 0 Å². The second-order valence-corrected chi connectivity index (χ2v) is 8.75. The van der Waals surface area contributed by atoms with Gasteiger partial charge in [0.05, 0.1) is 0 Å². The summed E-state index contributed by atoms with van der Waals surface area (Å²) in [6.07, 6.45) is 1.56. The van der Waals surface area contributed by atoms with Crippen LogP contribution in [0.4, 0.5) is 5.69 Å². The van der Waals surface area contributed by atoms with Crippen LogP contribution in [0.25, 0.3) is 6.08 Å². The van der Waals surface area contributed by atoms with Crippen LogP contribution < -0.4 is 10.1 Å². The standard InChI is InChI=1S/C27H25BrN2O2/c1-17-10-18(2)12-21(11-17)16-32-26-9-8-24(28)14-22(26)13-23(15-29)27(31)30-25-7-5-6-19(3)20(25)4/h5-14H,16H2,1-4H3,(H,30,31)/b23-13+. The molecule has 0 aromatic heterocycles. The molecule has 1 amide bonds. The number of benzene rings is 3. The highest BCUT2D eigenvalue weighted by Gasteiger charge is 2.13. The predicted octanol–water partition coefficient (Wildman–Crippen LogP) is 6.81. The Morgan fingerprint density at radius 2 is 1.78 bits per heavy atom. The SMILES string of the molecule is Cc1cc(C)cc(COc2ccc(Br)cc2/C=C(\C#N)C(=O)Nc2cccc(C)c2C)c1. The van der Waals surface area contributed by atoms with Gasteiger partial charge in [0.15, 0.2) is 0 Å². The van der Waals surface area contributed by atoms with Gasteiger partial charge in [-0.3, -0.25) is 4.79 Å². The van der Waals surface area contributed by atoms with Crippen LogP contribution in [0, 0.1) is 39.0 Å². The molecule has 1 N–H and O–H groups in total. The number of aryl methyl sites for hydroxylation is 3. The Morgan fingerprint density at radius 3 is 2.47 bits per heavy atom. The topological polar surface area (TPSA) is 62.1 Å². The van der Waals surface area contributed by atoms with Crippen molar-refractivity contribution >= 4 is 33.6 Å². The summed E-state index contributed by atoms with van der Waals surface area (Å²) in [7, 11) is 0. The Morgan fingerprint density at radius 1 is 1.06 bits per heavy atom. The van der Waals surface area contributed by atoms with E-state index in [2.05, 4.69) is 53.3 Å². The molecule has 3 rings (SSSR count). The van der Waals surface area contributed by atoms with Crippen LogP contribution >= 0.6 is 15.9 Å². The lowest BCUT2D eigenvalue weighted by atomic mass is 10.1.